The molecule has 2 rings (SSSR count). The number of piperidine rings is 1. The van der Waals surface area contributed by atoms with Crippen molar-refractivity contribution in [1.82, 2.24) is 9.97 Å². The van der Waals surface area contributed by atoms with E-state index in [1.54, 1.807) is 6.20 Å². The number of carbonyl (C=O) groups excluding carboxylic acids is 1. The second kappa shape index (κ2) is 5.79. The SMILES string of the molecule is Cl.NC(=O)c1ccnc(N2CCC(N)CC2)n1. The van der Waals surface area contributed by atoms with Gasteiger partial charge in [-0.15, -0.1) is 12.4 Å². The van der Waals surface area contributed by atoms with Crippen molar-refractivity contribution in [3.8, 4) is 0 Å². The van der Waals surface area contributed by atoms with E-state index in [4.69, 9.17) is 11.5 Å². The Kier molecular flexibility index (Phi) is 4.65. The van der Waals surface area contributed by atoms with Gasteiger partial charge in [0.15, 0.2) is 0 Å². The highest BCUT2D eigenvalue weighted by molar-refractivity contribution is 5.90. The van der Waals surface area contributed by atoms with Crippen LogP contribution in [0.5, 0.6) is 0 Å². The smallest absolute Gasteiger partial charge is 0.267 e. The number of halogens is 1. The molecule has 0 atom stereocenters. The van der Waals surface area contributed by atoms with Crippen molar-refractivity contribution in [2.45, 2.75) is 18.9 Å². The van der Waals surface area contributed by atoms with Gasteiger partial charge in [-0.3, -0.25) is 4.79 Å². The maximum Gasteiger partial charge on any atom is 0.267 e. The normalized spacial score (nSPS) is 16.4. The maximum absolute atomic E-state index is 11.0. The molecule has 4 N–H and O–H groups in total. The second-order valence-corrected chi connectivity index (χ2v) is 3.93. The molecule has 7 heteroatoms. The highest BCUT2D eigenvalue weighted by atomic mass is 35.5. The van der Waals surface area contributed by atoms with Crippen LogP contribution in [-0.4, -0.2) is 35.0 Å². The van der Waals surface area contributed by atoms with Crippen molar-refractivity contribution in [2.24, 2.45) is 11.5 Å². The zero-order chi connectivity index (χ0) is 11.5. The Morgan fingerprint density at radius 2 is 2.06 bits per heavy atom. The van der Waals surface area contributed by atoms with Crippen molar-refractivity contribution in [3.05, 3.63) is 18.0 Å². The van der Waals surface area contributed by atoms with Gasteiger partial charge in [-0.1, -0.05) is 0 Å². The summed E-state index contributed by atoms with van der Waals surface area (Å²) >= 11 is 0. The van der Waals surface area contributed by atoms with Gasteiger partial charge in [0, 0.05) is 25.3 Å². The van der Waals surface area contributed by atoms with Gasteiger partial charge in [0.2, 0.25) is 5.95 Å². The lowest BCUT2D eigenvalue weighted by atomic mass is 10.1. The Bertz CT molecular complexity index is 392. The van der Waals surface area contributed by atoms with Gasteiger partial charge in [-0.2, -0.15) is 0 Å². The molecule has 17 heavy (non-hydrogen) atoms. The van der Waals surface area contributed by atoms with Crippen molar-refractivity contribution >= 4 is 24.3 Å². The van der Waals surface area contributed by atoms with Crippen molar-refractivity contribution in [1.29, 1.82) is 0 Å². The number of nitrogens with two attached hydrogens (primary N) is 2. The summed E-state index contributed by atoms with van der Waals surface area (Å²) in [6.07, 6.45) is 3.39. The van der Waals surface area contributed by atoms with Crippen LogP contribution < -0.4 is 16.4 Å². The number of nitrogens with zero attached hydrogens (tertiary/aromatic N) is 3. The molecule has 0 radical (unpaired) electrons. The topological polar surface area (TPSA) is 98.1 Å². The Labute approximate surface area is 106 Å². The molecule has 1 aromatic rings. The lowest BCUT2D eigenvalue weighted by Gasteiger charge is -2.30. The third-order valence-corrected chi connectivity index (χ3v) is 2.72. The number of carbonyl (C=O) groups is 1. The summed E-state index contributed by atoms with van der Waals surface area (Å²) in [5.74, 6) is 0.0283. The van der Waals surface area contributed by atoms with E-state index in [-0.39, 0.29) is 24.1 Å². The minimum Gasteiger partial charge on any atom is -0.364 e. The number of anilines is 1. The van der Waals surface area contributed by atoms with E-state index in [1.807, 2.05) is 4.90 Å². The first kappa shape index (κ1) is 13.7. The first-order valence-electron chi connectivity index (χ1n) is 5.30. The third kappa shape index (κ3) is 3.28. The summed E-state index contributed by atoms with van der Waals surface area (Å²) in [4.78, 5) is 21.3. The predicted molar refractivity (Wildman–Crippen MR) is 67.2 cm³/mol. The van der Waals surface area contributed by atoms with Crippen molar-refractivity contribution < 1.29 is 4.79 Å². The predicted octanol–water partition coefficient (Wildman–Crippen LogP) is -0.0752. The maximum atomic E-state index is 11.0. The van der Waals surface area contributed by atoms with Crippen LogP contribution in [0.4, 0.5) is 5.95 Å². The Morgan fingerprint density at radius 1 is 1.41 bits per heavy atom. The highest BCUT2D eigenvalue weighted by Crippen LogP contribution is 2.14. The fourth-order valence-electron chi connectivity index (χ4n) is 1.74. The van der Waals surface area contributed by atoms with Crippen LogP contribution in [0.2, 0.25) is 0 Å². The largest absolute Gasteiger partial charge is 0.364 e. The van der Waals surface area contributed by atoms with Gasteiger partial charge in [0.05, 0.1) is 0 Å². The average Bonchev–Trinajstić information content (AvgIpc) is 2.30. The molecule has 0 spiro atoms. The Hall–Kier alpha value is -1.40. The zero-order valence-corrected chi connectivity index (χ0v) is 10.2. The van der Waals surface area contributed by atoms with Crippen LogP contribution in [0, 0.1) is 0 Å². The Morgan fingerprint density at radius 3 is 2.65 bits per heavy atom. The van der Waals surface area contributed by atoms with E-state index in [0.29, 0.717) is 5.95 Å². The van der Waals surface area contributed by atoms with Gasteiger partial charge >= 0.3 is 0 Å². The number of hydrogen-bond donors (Lipinski definition) is 2. The van der Waals surface area contributed by atoms with E-state index in [2.05, 4.69) is 9.97 Å². The molecule has 1 fully saturated rings. The molecule has 1 aliphatic heterocycles. The van der Waals surface area contributed by atoms with Gasteiger partial charge in [0.25, 0.3) is 5.91 Å². The van der Waals surface area contributed by atoms with Gasteiger partial charge in [-0.05, 0) is 18.9 Å². The molecule has 2 heterocycles. The fourth-order valence-corrected chi connectivity index (χ4v) is 1.74. The third-order valence-electron chi connectivity index (χ3n) is 2.72. The molecule has 0 bridgehead atoms. The molecule has 94 valence electrons. The molecule has 0 aliphatic carbocycles. The minimum atomic E-state index is -0.530. The van der Waals surface area contributed by atoms with Crippen LogP contribution in [0.1, 0.15) is 23.3 Å². The number of amides is 1. The molecule has 0 unspecified atom stereocenters. The van der Waals surface area contributed by atoms with Gasteiger partial charge in [-0.25, -0.2) is 9.97 Å². The first-order chi connectivity index (χ1) is 7.66. The van der Waals surface area contributed by atoms with E-state index < -0.39 is 5.91 Å². The van der Waals surface area contributed by atoms with Crippen molar-refractivity contribution in [2.75, 3.05) is 18.0 Å². The highest BCUT2D eigenvalue weighted by Gasteiger charge is 2.18. The summed E-state index contributed by atoms with van der Waals surface area (Å²) in [7, 11) is 0. The van der Waals surface area contributed by atoms with Crippen molar-refractivity contribution in [3.63, 3.8) is 0 Å². The summed E-state index contributed by atoms with van der Waals surface area (Å²) in [6.45, 7) is 1.65. The molecule has 0 saturated carbocycles. The van der Waals surface area contributed by atoms with Crippen LogP contribution in [0.15, 0.2) is 12.3 Å². The fraction of sp³-hybridized carbons (Fsp3) is 0.500. The van der Waals surface area contributed by atoms with Crippen LogP contribution >= 0.6 is 12.4 Å². The number of primary amides is 1. The summed E-state index contributed by atoms with van der Waals surface area (Å²) in [6, 6.07) is 1.78. The molecule has 1 aliphatic rings. The van der Waals surface area contributed by atoms with Crippen LogP contribution in [-0.2, 0) is 0 Å². The van der Waals surface area contributed by atoms with E-state index in [1.165, 1.54) is 6.07 Å². The number of hydrogen-bond acceptors (Lipinski definition) is 5. The molecule has 1 saturated heterocycles. The van der Waals surface area contributed by atoms with E-state index >= 15 is 0 Å². The summed E-state index contributed by atoms with van der Waals surface area (Å²) in [5.41, 5.74) is 11.2. The summed E-state index contributed by atoms with van der Waals surface area (Å²) < 4.78 is 0. The molecule has 6 nitrogen and oxygen atoms in total. The summed E-state index contributed by atoms with van der Waals surface area (Å²) in [5, 5.41) is 0. The van der Waals surface area contributed by atoms with E-state index in [9.17, 15) is 4.79 Å². The molecular formula is C10H16ClN5O. The standard InChI is InChI=1S/C10H15N5O.ClH/c11-7-2-5-15(6-3-7)10-13-4-1-8(14-10)9(12)16;/h1,4,7H,2-3,5-6,11H2,(H2,12,16);1H. The minimum absolute atomic E-state index is 0. The molecule has 0 aromatic carbocycles. The van der Waals surface area contributed by atoms with Gasteiger partial charge in [0.1, 0.15) is 5.69 Å². The lowest BCUT2D eigenvalue weighted by molar-refractivity contribution is 0.0995. The molecular weight excluding hydrogens is 242 g/mol. The number of rotatable bonds is 2. The van der Waals surface area contributed by atoms with Crippen LogP contribution in [0.25, 0.3) is 0 Å². The van der Waals surface area contributed by atoms with Gasteiger partial charge < -0.3 is 16.4 Å². The molecule has 1 aromatic heterocycles. The quantitative estimate of drug-likeness (QED) is 0.773. The zero-order valence-electron chi connectivity index (χ0n) is 9.37. The monoisotopic (exact) mass is 257 g/mol. The first-order valence-corrected chi connectivity index (χ1v) is 5.30. The average molecular weight is 258 g/mol. The number of aromatic nitrogens is 2. The molecule has 1 amide bonds. The Balaban J connectivity index is 0.00000144. The second-order valence-electron chi connectivity index (χ2n) is 3.93. The van der Waals surface area contributed by atoms with E-state index in [0.717, 1.165) is 25.9 Å². The lowest BCUT2D eigenvalue weighted by Crippen LogP contribution is -2.40. The van der Waals surface area contributed by atoms with Crippen LogP contribution in [0.3, 0.4) is 0 Å².